The minimum absolute atomic E-state index is 0.00252. The Balaban J connectivity index is 2.73. The maximum atomic E-state index is 11.0. The van der Waals surface area contributed by atoms with E-state index in [0.717, 1.165) is 11.6 Å². The van der Waals surface area contributed by atoms with Crippen molar-refractivity contribution in [3.05, 3.63) is 54.1 Å². The number of allylic oxidation sites excluding steroid dienone is 4. The highest BCUT2D eigenvalue weighted by molar-refractivity contribution is 5.90. The third-order valence-electron chi connectivity index (χ3n) is 2.19. The number of hydrogen-bond donors (Lipinski definition) is 3. The van der Waals surface area contributed by atoms with Crippen LogP contribution in [-0.2, 0) is 9.59 Å². The summed E-state index contributed by atoms with van der Waals surface area (Å²) in [7, 11) is 0. The highest BCUT2D eigenvalue weighted by Gasteiger charge is 2.02. The molecule has 0 aliphatic heterocycles. The highest BCUT2D eigenvalue weighted by Crippen LogP contribution is 2.24. The van der Waals surface area contributed by atoms with Crippen LogP contribution in [-0.4, -0.2) is 22.1 Å². The first-order chi connectivity index (χ1) is 9.49. The molecule has 1 rings (SSSR count). The smallest absolute Gasteiger partial charge is 0.328 e. The molecule has 0 fully saturated rings. The molecule has 5 nitrogen and oxygen atoms in total. The molecule has 0 spiro atoms. The molecule has 0 atom stereocenters. The van der Waals surface area contributed by atoms with Crippen LogP contribution in [0.2, 0.25) is 0 Å². The standard InChI is InChI=1S/C15H15NO4/c1-11(17)16-13-10-12(8-9-14(13)18)6-4-2-3-5-7-15(19)20/h2-10,18H,1H3,(H,16,17)(H,19,20)/b3-2+,6-4+,7-5+/i6+1. The van der Waals surface area contributed by atoms with Crippen molar-refractivity contribution in [3.8, 4) is 5.75 Å². The summed E-state index contributed by atoms with van der Waals surface area (Å²) < 4.78 is 0. The number of nitrogens with one attached hydrogen (secondary N) is 1. The normalized spacial score (nSPS) is 11.4. The van der Waals surface area contributed by atoms with Crippen LogP contribution in [0.1, 0.15) is 12.5 Å². The van der Waals surface area contributed by atoms with Gasteiger partial charge in [-0.2, -0.15) is 0 Å². The van der Waals surface area contributed by atoms with Crippen molar-refractivity contribution in [1.82, 2.24) is 0 Å². The molecule has 1 aromatic carbocycles. The van der Waals surface area contributed by atoms with Gasteiger partial charge < -0.3 is 15.5 Å². The number of carboxylic acids is 1. The van der Waals surface area contributed by atoms with Crippen molar-refractivity contribution in [2.45, 2.75) is 6.92 Å². The molecule has 104 valence electrons. The van der Waals surface area contributed by atoms with Gasteiger partial charge in [0.2, 0.25) is 5.91 Å². The predicted octanol–water partition coefficient (Wildman–Crippen LogP) is 2.56. The first-order valence-corrected chi connectivity index (χ1v) is 5.84. The molecule has 20 heavy (non-hydrogen) atoms. The summed E-state index contributed by atoms with van der Waals surface area (Å²) >= 11 is 0. The van der Waals surface area contributed by atoms with Crippen LogP contribution in [0.5, 0.6) is 5.75 Å². The summed E-state index contributed by atoms with van der Waals surface area (Å²) in [6, 6.07) is 4.81. The number of aromatic hydroxyl groups is 1. The second-order valence-corrected chi connectivity index (χ2v) is 3.90. The lowest BCUT2D eigenvalue weighted by Crippen LogP contribution is -2.05. The van der Waals surface area contributed by atoms with E-state index >= 15 is 0 Å². The van der Waals surface area contributed by atoms with E-state index in [1.54, 1.807) is 36.4 Å². The van der Waals surface area contributed by atoms with Gasteiger partial charge in [0.25, 0.3) is 0 Å². The number of hydrogen-bond acceptors (Lipinski definition) is 3. The van der Waals surface area contributed by atoms with Crippen LogP contribution in [0.15, 0.2) is 48.6 Å². The van der Waals surface area contributed by atoms with Crippen molar-refractivity contribution in [2.24, 2.45) is 0 Å². The van der Waals surface area contributed by atoms with Gasteiger partial charge in [-0.3, -0.25) is 4.79 Å². The number of carboxylic acid groups (broad SMARTS) is 1. The number of aliphatic carboxylic acids is 1. The molecule has 1 aromatic rings. The molecule has 0 radical (unpaired) electrons. The number of phenols is 1. The number of carbonyl (C=O) groups is 2. The fraction of sp³-hybridized carbons (Fsp3) is 0.0667. The van der Waals surface area contributed by atoms with E-state index < -0.39 is 5.97 Å². The lowest BCUT2D eigenvalue weighted by atomic mass is 10.2. The van der Waals surface area contributed by atoms with Crippen molar-refractivity contribution in [1.29, 1.82) is 0 Å². The Kier molecular flexibility index (Phi) is 5.77. The first-order valence-electron chi connectivity index (χ1n) is 5.84. The molecule has 3 N–H and O–H groups in total. The Morgan fingerprint density at radius 1 is 1.15 bits per heavy atom. The number of amides is 1. The lowest BCUT2D eigenvalue weighted by molar-refractivity contribution is -0.131. The highest BCUT2D eigenvalue weighted by atomic mass is 16.4. The number of benzene rings is 1. The Morgan fingerprint density at radius 3 is 2.50 bits per heavy atom. The van der Waals surface area contributed by atoms with Crippen LogP contribution >= 0.6 is 0 Å². The van der Waals surface area contributed by atoms with E-state index in [1.807, 2.05) is 0 Å². The van der Waals surface area contributed by atoms with Gasteiger partial charge in [-0.05, 0) is 17.7 Å². The lowest BCUT2D eigenvalue weighted by Gasteiger charge is -2.05. The maximum absolute atomic E-state index is 11.0. The zero-order chi connectivity index (χ0) is 15.0. The summed E-state index contributed by atoms with van der Waals surface area (Å²) in [5.74, 6) is -1.27. The Labute approximate surface area is 116 Å². The number of anilines is 1. The summed E-state index contributed by atoms with van der Waals surface area (Å²) in [5.41, 5.74) is 1.13. The minimum Gasteiger partial charge on any atom is -0.506 e. The number of rotatable bonds is 5. The quantitative estimate of drug-likeness (QED) is 0.333. The SMILES string of the molecule is CC(=O)Nc1cc(/[13CH]=C/C=C/C=C/C(=O)O)ccc1O. The van der Waals surface area contributed by atoms with Crippen LogP contribution in [0.3, 0.4) is 0 Å². The molecule has 0 aromatic heterocycles. The largest absolute Gasteiger partial charge is 0.506 e. The van der Waals surface area contributed by atoms with E-state index in [0.29, 0.717) is 5.69 Å². The Morgan fingerprint density at radius 2 is 1.85 bits per heavy atom. The molecule has 0 unspecified atom stereocenters. The molecule has 0 saturated carbocycles. The summed E-state index contributed by atoms with van der Waals surface area (Å²) in [6.45, 7) is 1.36. The molecular formula is C15H15NO4. The molecule has 0 saturated heterocycles. The van der Waals surface area contributed by atoms with E-state index in [-0.39, 0.29) is 11.7 Å². The fourth-order valence-corrected chi connectivity index (χ4v) is 1.38. The average Bonchev–Trinajstić information content (AvgIpc) is 2.36. The van der Waals surface area contributed by atoms with Gasteiger partial charge in [0.15, 0.2) is 0 Å². The van der Waals surface area contributed by atoms with Crippen molar-refractivity contribution < 1.29 is 19.8 Å². The van der Waals surface area contributed by atoms with E-state index in [1.165, 1.54) is 19.1 Å². The third-order valence-corrected chi connectivity index (χ3v) is 2.19. The van der Waals surface area contributed by atoms with Gasteiger partial charge in [0, 0.05) is 13.0 Å². The second kappa shape index (κ2) is 7.58. The molecule has 0 heterocycles. The Hall–Kier alpha value is -2.82. The zero-order valence-electron chi connectivity index (χ0n) is 10.9. The van der Waals surface area contributed by atoms with E-state index in [2.05, 4.69) is 5.32 Å². The number of carbonyl (C=O) groups excluding carboxylic acids is 1. The molecule has 0 aliphatic carbocycles. The molecular weight excluding hydrogens is 259 g/mol. The zero-order valence-corrected chi connectivity index (χ0v) is 10.9. The molecule has 0 aliphatic rings. The average molecular weight is 274 g/mol. The minimum atomic E-state index is -1.00. The van der Waals surface area contributed by atoms with Crippen LogP contribution < -0.4 is 5.32 Å². The van der Waals surface area contributed by atoms with Crippen molar-refractivity contribution >= 4 is 23.6 Å². The molecule has 0 bridgehead atoms. The van der Waals surface area contributed by atoms with Gasteiger partial charge in [0.05, 0.1) is 5.69 Å². The van der Waals surface area contributed by atoms with Gasteiger partial charge in [-0.1, -0.05) is 36.4 Å². The van der Waals surface area contributed by atoms with Crippen molar-refractivity contribution in [2.75, 3.05) is 5.32 Å². The summed E-state index contributed by atoms with van der Waals surface area (Å²) in [4.78, 5) is 21.2. The molecule has 1 amide bonds. The van der Waals surface area contributed by atoms with Gasteiger partial charge in [-0.25, -0.2) is 4.79 Å². The van der Waals surface area contributed by atoms with E-state index in [9.17, 15) is 14.7 Å². The van der Waals surface area contributed by atoms with Gasteiger partial charge in [-0.15, -0.1) is 0 Å². The topological polar surface area (TPSA) is 86.6 Å². The summed E-state index contributed by atoms with van der Waals surface area (Å²) in [5, 5.41) is 20.5. The van der Waals surface area contributed by atoms with Gasteiger partial charge >= 0.3 is 5.97 Å². The van der Waals surface area contributed by atoms with Crippen LogP contribution in [0, 0.1) is 0 Å². The van der Waals surface area contributed by atoms with E-state index in [4.69, 9.17) is 5.11 Å². The molecule has 5 heteroatoms. The summed E-state index contributed by atoms with van der Waals surface area (Å²) in [6.07, 6.45) is 9.17. The fourth-order valence-electron chi connectivity index (χ4n) is 1.38. The Bertz CT molecular complexity index is 586. The first kappa shape index (κ1) is 15.2. The monoisotopic (exact) mass is 274 g/mol. The third kappa shape index (κ3) is 5.68. The van der Waals surface area contributed by atoms with Crippen molar-refractivity contribution in [3.63, 3.8) is 0 Å². The van der Waals surface area contributed by atoms with Crippen LogP contribution in [0.4, 0.5) is 5.69 Å². The maximum Gasteiger partial charge on any atom is 0.328 e. The second-order valence-electron chi connectivity index (χ2n) is 3.90. The number of phenolic OH excluding ortho intramolecular Hbond substituents is 1. The van der Waals surface area contributed by atoms with Crippen LogP contribution in [0.25, 0.3) is 6.08 Å². The van der Waals surface area contributed by atoms with Gasteiger partial charge in [0.1, 0.15) is 5.75 Å². The predicted molar refractivity (Wildman–Crippen MR) is 77.4 cm³/mol.